The predicted octanol–water partition coefficient (Wildman–Crippen LogP) is 0.507. The molecule has 1 fully saturated rings. The summed E-state index contributed by atoms with van der Waals surface area (Å²) in [6, 6.07) is 3.79. The Morgan fingerprint density at radius 1 is 1.47 bits per heavy atom. The van der Waals surface area contributed by atoms with E-state index >= 15 is 0 Å². The molecule has 0 saturated carbocycles. The van der Waals surface area contributed by atoms with Crippen LogP contribution >= 0.6 is 0 Å². The fourth-order valence-corrected chi connectivity index (χ4v) is 2.20. The molecular formula is C12H14N4O. The first kappa shape index (κ1) is 10.3. The summed E-state index contributed by atoms with van der Waals surface area (Å²) in [5.41, 5.74) is 7.34. The number of carbonyl (C=O) groups excluding carboxylic acids is 1. The zero-order valence-electron chi connectivity index (χ0n) is 9.41. The van der Waals surface area contributed by atoms with Crippen LogP contribution in [0.2, 0.25) is 0 Å². The molecular weight excluding hydrogens is 216 g/mol. The summed E-state index contributed by atoms with van der Waals surface area (Å²) in [6.07, 6.45) is 6.25. The van der Waals surface area contributed by atoms with Crippen LogP contribution in [0.15, 0.2) is 30.7 Å². The summed E-state index contributed by atoms with van der Waals surface area (Å²) in [6.45, 7) is 1.41. The molecule has 2 N–H and O–H groups in total. The highest BCUT2D eigenvalue weighted by Gasteiger charge is 2.24. The van der Waals surface area contributed by atoms with Crippen molar-refractivity contribution in [2.75, 3.05) is 13.1 Å². The van der Waals surface area contributed by atoms with Gasteiger partial charge in [0.05, 0.1) is 5.56 Å². The van der Waals surface area contributed by atoms with E-state index in [2.05, 4.69) is 4.98 Å². The van der Waals surface area contributed by atoms with Gasteiger partial charge in [-0.25, -0.2) is 4.98 Å². The zero-order valence-corrected chi connectivity index (χ0v) is 9.41. The molecule has 3 heterocycles. The molecule has 2 aromatic heterocycles. The summed E-state index contributed by atoms with van der Waals surface area (Å²) >= 11 is 0. The molecule has 1 saturated heterocycles. The Morgan fingerprint density at radius 2 is 2.35 bits per heavy atom. The van der Waals surface area contributed by atoms with Crippen LogP contribution in [0.4, 0.5) is 0 Å². The van der Waals surface area contributed by atoms with Gasteiger partial charge in [-0.1, -0.05) is 0 Å². The van der Waals surface area contributed by atoms with Crippen molar-refractivity contribution in [1.29, 1.82) is 0 Å². The van der Waals surface area contributed by atoms with Crippen LogP contribution < -0.4 is 5.73 Å². The fourth-order valence-electron chi connectivity index (χ4n) is 2.20. The number of nitrogens with two attached hydrogens (primary N) is 1. The Morgan fingerprint density at radius 3 is 3.12 bits per heavy atom. The minimum Gasteiger partial charge on any atom is -0.337 e. The Kier molecular flexibility index (Phi) is 2.33. The van der Waals surface area contributed by atoms with Gasteiger partial charge in [-0.05, 0) is 18.6 Å². The summed E-state index contributed by atoms with van der Waals surface area (Å²) in [5.74, 6) is 0.0496. The second-order valence-electron chi connectivity index (χ2n) is 4.41. The molecule has 3 rings (SSSR count). The van der Waals surface area contributed by atoms with E-state index in [0.717, 1.165) is 18.6 Å². The number of likely N-dealkylation sites (tertiary alicyclic amines) is 1. The van der Waals surface area contributed by atoms with Crippen LogP contribution in [0, 0.1) is 0 Å². The Hall–Kier alpha value is -1.88. The number of pyridine rings is 1. The van der Waals surface area contributed by atoms with Crippen molar-refractivity contribution in [3.05, 3.63) is 36.3 Å². The lowest BCUT2D eigenvalue weighted by atomic mass is 10.2. The number of fused-ring (bicyclic) bond motifs is 1. The molecule has 88 valence electrons. The highest BCUT2D eigenvalue weighted by molar-refractivity contribution is 5.94. The monoisotopic (exact) mass is 230 g/mol. The molecule has 0 aromatic carbocycles. The number of nitrogens with zero attached hydrogens (tertiary/aromatic N) is 3. The lowest BCUT2D eigenvalue weighted by Crippen LogP contribution is -2.31. The second kappa shape index (κ2) is 3.85. The third-order valence-electron chi connectivity index (χ3n) is 3.15. The smallest absolute Gasteiger partial charge is 0.255 e. The molecule has 0 spiro atoms. The molecule has 1 unspecified atom stereocenters. The van der Waals surface area contributed by atoms with Crippen LogP contribution in [-0.4, -0.2) is 39.3 Å². The summed E-state index contributed by atoms with van der Waals surface area (Å²) in [5, 5.41) is 0. The van der Waals surface area contributed by atoms with E-state index < -0.39 is 0 Å². The largest absolute Gasteiger partial charge is 0.337 e. The van der Waals surface area contributed by atoms with Crippen molar-refractivity contribution in [2.24, 2.45) is 5.73 Å². The first-order valence-electron chi connectivity index (χ1n) is 5.71. The topological polar surface area (TPSA) is 63.6 Å². The molecule has 0 bridgehead atoms. The maximum Gasteiger partial charge on any atom is 0.255 e. The quantitative estimate of drug-likeness (QED) is 0.776. The van der Waals surface area contributed by atoms with Gasteiger partial charge < -0.3 is 15.0 Å². The van der Waals surface area contributed by atoms with Crippen LogP contribution in [0.1, 0.15) is 16.8 Å². The minimum absolute atomic E-state index is 0.0496. The second-order valence-corrected chi connectivity index (χ2v) is 4.41. The van der Waals surface area contributed by atoms with Gasteiger partial charge in [0.1, 0.15) is 5.65 Å². The van der Waals surface area contributed by atoms with E-state index in [9.17, 15) is 4.79 Å². The zero-order chi connectivity index (χ0) is 11.8. The third-order valence-corrected chi connectivity index (χ3v) is 3.15. The number of carbonyl (C=O) groups is 1. The third kappa shape index (κ3) is 1.78. The van der Waals surface area contributed by atoms with Crippen LogP contribution in [0.3, 0.4) is 0 Å². The van der Waals surface area contributed by atoms with E-state index in [1.807, 2.05) is 33.8 Å². The van der Waals surface area contributed by atoms with E-state index in [1.54, 1.807) is 6.20 Å². The van der Waals surface area contributed by atoms with Gasteiger partial charge in [0.15, 0.2) is 0 Å². The van der Waals surface area contributed by atoms with Crippen LogP contribution in [-0.2, 0) is 0 Å². The number of hydrogen-bond acceptors (Lipinski definition) is 3. The Balaban J connectivity index is 1.89. The molecule has 5 heteroatoms. The normalized spacial score (nSPS) is 20.1. The summed E-state index contributed by atoms with van der Waals surface area (Å²) in [7, 11) is 0. The molecule has 1 aliphatic rings. The first-order chi connectivity index (χ1) is 8.24. The van der Waals surface area contributed by atoms with Gasteiger partial charge in [-0.15, -0.1) is 0 Å². The number of aromatic nitrogens is 2. The standard InChI is InChI=1S/C12H14N4O/c13-10-3-5-16(8-10)12(17)9-1-2-11-14-4-6-15(11)7-9/h1-2,4,6-7,10H,3,5,8,13H2. The fraction of sp³-hybridized carbons (Fsp3) is 0.333. The Bertz CT molecular complexity index is 562. The van der Waals surface area contributed by atoms with Gasteiger partial charge in [0.25, 0.3) is 5.91 Å². The van der Waals surface area contributed by atoms with E-state index in [0.29, 0.717) is 12.1 Å². The predicted molar refractivity (Wildman–Crippen MR) is 63.7 cm³/mol. The minimum atomic E-state index is 0.0496. The number of amides is 1. The summed E-state index contributed by atoms with van der Waals surface area (Å²) < 4.78 is 1.85. The van der Waals surface area contributed by atoms with Crippen molar-refractivity contribution in [1.82, 2.24) is 14.3 Å². The van der Waals surface area contributed by atoms with Gasteiger partial charge >= 0.3 is 0 Å². The molecule has 5 nitrogen and oxygen atoms in total. The van der Waals surface area contributed by atoms with Crippen molar-refractivity contribution in [3.63, 3.8) is 0 Å². The SMILES string of the molecule is NC1CCN(C(=O)c2ccc3nccn3c2)C1. The van der Waals surface area contributed by atoms with Gasteiger partial charge in [-0.2, -0.15) is 0 Å². The van der Waals surface area contributed by atoms with Crippen molar-refractivity contribution in [2.45, 2.75) is 12.5 Å². The van der Waals surface area contributed by atoms with Crippen LogP contribution in [0.5, 0.6) is 0 Å². The van der Waals surface area contributed by atoms with Gasteiger partial charge in [0.2, 0.25) is 0 Å². The average molecular weight is 230 g/mol. The van der Waals surface area contributed by atoms with Crippen molar-refractivity contribution < 1.29 is 4.79 Å². The van der Waals surface area contributed by atoms with Crippen molar-refractivity contribution >= 4 is 11.6 Å². The highest BCUT2D eigenvalue weighted by Crippen LogP contribution is 2.13. The lowest BCUT2D eigenvalue weighted by Gasteiger charge is -2.15. The molecule has 17 heavy (non-hydrogen) atoms. The maximum atomic E-state index is 12.2. The number of rotatable bonds is 1. The van der Waals surface area contributed by atoms with Gasteiger partial charge in [0, 0.05) is 37.7 Å². The lowest BCUT2D eigenvalue weighted by molar-refractivity contribution is 0.0790. The van der Waals surface area contributed by atoms with Crippen molar-refractivity contribution in [3.8, 4) is 0 Å². The van der Waals surface area contributed by atoms with Gasteiger partial charge in [-0.3, -0.25) is 4.79 Å². The molecule has 0 aliphatic carbocycles. The summed E-state index contributed by atoms with van der Waals surface area (Å²) in [4.78, 5) is 18.1. The molecule has 1 atom stereocenters. The molecule has 1 aliphatic heterocycles. The van der Waals surface area contributed by atoms with E-state index in [-0.39, 0.29) is 11.9 Å². The maximum absolute atomic E-state index is 12.2. The number of hydrogen-bond donors (Lipinski definition) is 1. The molecule has 1 amide bonds. The molecule has 2 aromatic rings. The highest BCUT2D eigenvalue weighted by atomic mass is 16.2. The van der Waals surface area contributed by atoms with Crippen LogP contribution in [0.25, 0.3) is 5.65 Å². The van der Waals surface area contributed by atoms with E-state index in [1.165, 1.54) is 0 Å². The Labute approximate surface area is 98.8 Å². The average Bonchev–Trinajstić information content (AvgIpc) is 2.95. The van der Waals surface area contributed by atoms with E-state index in [4.69, 9.17) is 5.73 Å². The molecule has 0 radical (unpaired) electrons. The first-order valence-corrected chi connectivity index (χ1v) is 5.71. The number of imidazole rings is 1.